The van der Waals surface area contributed by atoms with Crippen LogP contribution >= 0.6 is 0 Å². The molecular formula is C16H19N3O3. The molecule has 2 aromatic rings. The Morgan fingerprint density at radius 3 is 2.95 bits per heavy atom. The number of nitrogens with one attached hydrogen (secondary N) is 1. The SMILES string of the molecule is O=C(NCCn1cccc1)c1ccc(O[C@@H]2CCOC2)nc1. The van der Waals surface area contributed by atoms with Gasteiger partial charge in [0.2, 0.25) is 5.88 Å². The van der Waals surface area contributed by atoms with Crippen molar-refractivity contribution in [1.82, 2.24) is 14.9 Å². The predicted octanol–water partition coefficient (Wildman–Crippen LogP) is 1.48. The maximum Gasteiger partial charge on any atom is 0.252 e. The standard InChI is InChI=1S/C16H19N3O3/c20-16(17-6-9-19-7-1-2-8-19)13-3-4-15(18-11-13)22-14-5-10-21-12-14/h1-4,7-8,11,14H,5-6,9-10,12H2,(H,17,20)/t14-/m1/s1. The van der Waals surface area contributed by atoms with Crippen molar-refractivity contribution in [1.29, 1.82) is 0 Å². The minimum Gasteiger partial charge on any atom is -0.472 e. The van der Waals surface area contributed by atoms with Gasteiger partial charge in [-0.1, -0.05) is 0 Å². The van der Waals surface area contributed by atoms with Crippen molar-refractivity contribution in [2.24, 2.45) is 0 Å². The van der Waals surface area contributed by atoms with E-state index in [0.717, 1.165) is 19.6 Å². The van der Waals surface area contributed by atoms with Gasteiger partial charge in [0.05, 0.1) is 18.8 Å². The number of ether oxygens (including phenoxy) is 2. The van der Waals surface area contributed by atoms with Crippen LogP contribution in [0.2, 0.25) is 0 Å². The van der Waals surface area contributed by atoms with Crippen LogP contribution in [0.3, 0.4) is 0 Å². The minimum atomic E-state index is -0.129. The maximum atomic E-state index is 12.0. The quantitative estimate of drug-likeness (QED) is 0.878. The lowest BCUT2D eigenvalue weighted by molar-refractivity contribution is 0.0951. The molecule has 2 aromatic heterocycles. The molecule has 1 amide bonds. The number of pyridine rings is 1. The summed E-state index contributed by atoms with van der Waals surface area (Å²) in [5.41, 5.74) is 0.530. The van der Waals surface area contributed by atoms with Gasteiger partial charge in [0.25, 0.3) is 5.91 Å². The van der Waals surface area contributed by atoms with E-state index in [4.69, 9.17) is 9.47 Å². The number of carbonyl (C=O) groups excluding carboxylic acids is 1. The zero-order chi connectivity index (χ0) is 15.2. The molecule has 22 heavy (non-hydrogen) atoms. The second kappa shape index (κ2) is 7.09. The largest absolute Gasteiger partial charge is 0.472 e. The van der Waals surface area contributed by atoms with Crippen molar-refractivity contribution in [3.63, 3.8) is 0 Å². The van der Waals surface area contributed by atoms with E-state index in [-0.39, 0.29) is 12.0 Å². The van der Waals surface area contributed by atoms with Gasteiger partial charge in [-0.25, -0.2) is 4.98 Å². The summed E-state index contributed by atoms with van der Waals surface area (Å²) in [6, 6.07) is 7.36. The smallest absolute Gasteiger partial charge is 0.252 e. The molecule has 1 aliphatic rings. The molecule has 3 heterocycles. The summed E-state index contributed by atoms with van der Waals surface area (Å²) in [5, 5.41) is 2.87. The zero-order valence-electron chi connectivity index (χ0n) is 12.3. The Bertz CT molecular complexity index is 590. The highest BCUT2D eigenvalue weighted by molar-refractivity contribution is 5.93. The lowest BCUT2D eigenvalue weighted by Gasteiger charge is -2.11. The normalized spacial score (nSPS) is 17.4. The van der Waals surface area contributed by atoms with Crippen LogP contribution < -0.4 is 10.1 Å². The molecule has 0 radical (unpaired) electrons. The fourth-order valence-corrected chi connectivity index (χ4v) is 2.28. The van der Waals surface area contributed by atoms with Crippen LogP contribution in [0.1, 0.15) is 16.8 Å². The van der Waals surface area contributed by atoms with E-state index < -0.39 is 0 Å². The molecule has 0 spiro atoms. The summed E-state index contributed by atoms with van der Waals surface area (Å²) in [6.45, 7) is 2.65. The summed E-state index contributed by atoms with van der Waals surface area (Å²) < 4.78 is 12.9. The monoisotopic (exact) mass is 301 g/mol. The Hall–Kier alpha value is -2.34. The molecule has 1 N–H and O–H groups in total. The summed E-state index contributed by atoms with van der Waals surface area (Å²) in [7, 11) is 0. The lowest BCUT2D eigenvalue weighted by atomic mass is 10.2. The van der Waals surface area contributed by atoms with Crippen LogP contribution in [-0.2, 0) is 11.3 Å². The molecule has 116 valence electrons. The van der Waals surface area contributed by atoms with Crippen LogP contribution in [0.5, 0.6) is 5.88 Å². The Morgan fingerprint density at radius 2 is 2.27 bits per heavy atom. The van der Waals surface area contributed by atoms with Gasteiger partial charge in [-0.15, -0.1) is 0 Å². The van der Waals surface area contributed by atoms with Gasteiger partial charge >= 0.3 is 0 Å². The average Bonchev–Trinajstić information content (AvgIpc) is 3.21. The molecule has 0 aromatic carbocycles. The van der Waals surface area contributed by atoms with E-state index >= 15 is 0 Å². The van der Waals surface area contributed by atoms with Crippen LogP contribution in [-0.4, -0.2) is 41.3 Å². The topological polar surface area (TPSA) is 65.4 Å². The van der Waals surface area contributed by atoms with Gasteiger partial charge in [0, 0.05) is 44.2 Å². The Labute approximate surface area is 129 Å². The van der Waals surface area contributed by atoms with E-state index in [0.29, 0.717) is 24.6 Å². The molecule has 0 aliphatic carbocycles. The Kier molecular flexibility index (Phi) is 4.70. The third-order valence-corrected chi connectivity index (χ3v) is 3.50. The van der Waals surface area contributed by atoms with Crippen molar-refractivity contribution < 1.29 is 14.3 Å². The molecule has 1 fully saturated rings. The highest BCUT2D eigenvalue weighted by Crippen LogP contribution is 2.14. The molecule has 6 nitrogen and oxygen atoms in total. The number of aromatic nitrogens is 2. The second-order valence-corrected chi connectivity index (χ2v) is 5.17. The Balaban J connectivity index is 1.47. The highest BCUT2D eigenvalue weighted by atomic mass is 16.5. The molecule has 0 bridgehead atoms. The van der Waals surface area contributed by atoms with E-state index in [1.807, 2.05) is 29.1 Å². The lowest BCUT2D eigenvalue weighted by Crippen LogP contribution is -2.27. The summed E-state index contributed by atoms with van der Waals surface area (Å²) in [4.78, 5) is 16.2. The molecular weight excluding hydrogens is 282 g/mol. The molecule has 1 saturated heterocycles. The molecule has 0 unspecified atom stereocenters. The van der Waals surface area contributed by atoms with Gasteiger partial charge in [0.15, 0.2) is 0 Å². The summed E-state index contributed by atoms with van der Waals surface area (Å²) in [6.07, 6.45) is 6.41. The first-order valence-corrected chi connectivity index (χ1v) is 7.41. The van der Waals surface area contributed by atoms with Gasteiger partial charge in [-0.05, 0) is 18.2 Å². The third kappa shape index (κ3) is 3.85. The van der Waals surface area contributed by atoms with Crippen molar-refractivity contribution in [3.8, 4) is 5.88 Å². The highest BCUT2D eigenvalue weighted by Gasteiger charge is 2.17. The predicted molar refractivity (Wildman–Crippen MR) is 80.9 cm³/mol. The van der Waals surface area contributed by atoms with Crippen LogP contribution in [0, 0.1) is 0 Å². The fourth-order valence-electron chi connectivity index (χ4n) is 2.28. The molecule has 1 aliphatic heterocycles. The van der Waals surface area contributed by atoms with Crippen molar-refractivity contribution in [2.75, 3.05) is 19.8 Å². The first-order valence-electron chi connectivity index (χ1n) is 7.41. The molecule has 6 heteroatoms. The molecule has 3 rings (SSSR count). The van der Waals surface area contributed by atoms with Crippen LogP contribution in [0.25, 0.3) is 0 Å². The maximum absolute atomic E-state index is 12.0. The first kappa shape index (κ1) is 14.6. The van der Waals surface area contributed by atoms with Gasteiger partial charge in [-0.3, -0.25) is 4.79 Å². The summed E-state index contributed by atoms with van der Waals surface area (Å²) in [5.74, 6) is 0.398. The number of nitrogens with zero attached hydrogens (tertiary/aromatic N) is 2. The molecule has 0 saturated carbocycles. The number of amides is 1. The van der Waals surface area contributed by atoms with Gasteiger partial charge in [0.1, 0.15) is 6.10 Å². The van der Waals surface area contributed by atoms with Gasteiger partial charge < -0.3 is 19.4 Å². The van der Waals surface area contributed by atoms with Crippen molar-refractivity contribution >= 4 is 5.91 Å². The zero-order valence-corrected chi connectivity index (χ0v) is 12.3. The number of rotatable bonds is 6. The number of hydrogen-bond donors (Lipinski definition) is 1. The van der Waals surface area contributed by atoms with Crippen LogP contribution in [0.4, 0.5) is 0 Å². The van der Waals surface area contributed by atoms with Crippen molar-refractivity contribution in [3.05, 3.63) is 48.4 Å². The third-order valence-electron chi connectivity index (χ3n) is 3.50. The summed E-state index contributed by atoms with van der Waals surface area (Å²) >= 11 is 0. The second-order valence-electron chi connectivity index (χ2n) is 5.17. The minimum absolute atomic E-state index is 0.0637. The fraction of sp³-hybridized carbons (Fsp3) is 0.375. The van der Waals surface area contributed by atoms with Gasteiger partial charge in [-0.2, -0.15) is 0 Å². The van der Waals surface area contributed by atoms with E-state index in [1.165, 1.54) is 6.20 Å². The van der Waals surface area contributed by atoms with Crippen LogP contribution in [0.15, 0.2) is 42.9 Å². The first-order chi connectivity index (χ1) is 10.8. The van der Waals surface area contributed by atoms with E-state index in [1.54, 1.807) is 12.1 Å². The Morgan fingerprint density at radius 1 is 1.41 bits per heavy atom. The van der Waals surface area contributed by atoms with E-state index in [9.17, 15) is 4.79 Å². The average molecular weight is 301 g/mol. The van der Waals surface area contributed by atoms with Crippen molar-refractivity contribution in [2.45, 2.75) is 19.1 Å². The molecule has 1 atom stereocenters. The number of carbonyl (C=O) groups is 1. The number of hydrogen-bond acceptors (Lipinski definition) is 4. The van der Waals surface area contributed by atoms with E-state index in [2.05, 4.69) is 10.3 Å².